The molecule has 3 saturated carbocycles. The lowest BCUT2D eigenvalue weighted by atomic mass is 9.45. The first-order chi connectivity index (χ1) is 18.0. The highest BCUT2D eigenvalue weighted by atomic mass is 32.1. The molecule has 0 aromatic heterocycles. The van der Waals surface area contributed by atoms with Crippen molar-refractivity contribution in [3.05, 3.63) is 53.0 Å². The SMILES string of the molecule is CCC(=O)O[C@]1(C(=O)S)CCC2[C@@H]3CCC4=CC([NH2+]c5ccc(F)cc5)=C(C=N)C[C@]4(C)C3[C@@H](O)C[C@@]21C. The van der Waals surface area contributed by atoms with E-state index in [9.17, 15) is 19.1 Å². The predicted molar refractivity (Wildman–Crippen MR) is 145 cm³/mol. The summed E-state index contributed by atoms with van der Waals surface area (Å²) in [6, 6.07) is 6.34. The van der Waals surface area contributed by atoms with Crippen molar-refractivity contribution in [1.29, 1.82) is 5.41 Å². The molecule has 2 unspecified atom stereocenters. The first-order valence-electron chi connectivity index (χ1n) is 13.7. The van der Waals surface area contributed by atoms with E-state index < -0.39 is 28.2 Å². The number of rotatable bonds is 6. The van der Waals surface area contributed by atoms with Gasteiger partial charge in [-0.3, -0.25) is 14.9 Å². The van der Waals surface area contributed by atoms with Gasteiger partial charge in [-0.1, -0.05) is 26.3 Å². The van der Waals surface area contributed by atoms with Crippen molar-refractivity contribution in [2.45, 2.75) is 77.4 Å². The van der Waals surface area contributed by atoms with Gasteiger partial charge in [0.2, 0.25) is 5.12 Å². The second kappa shape index (κ2) is 9.72. The lowest BCUT2D eigenvalue weighted by Crippen LogP contribution is -2.76. The van der Waals surface area contributed by atoms with Crippen molar-refractivity contribution in [2.24, 2.45) is 28.6 Å². The molecule has 0 aliphatic heterocycles. The topological polar surface area (TPSA) is 104 Å². The van der Waals surface area contributed by atoms with Crippen LogP contribution in [0.1, 0.15) is 65.7 Å². The Hall–Kier alpha value is -2.29. The molecule has 0 saturated heterocycles. The molecule has 3 fully saturated rings. The molecular formula is C30H38FN2O4S+. The number of thiol groups is 1. The highest BCUT2D eigenvalue weighted by Gasteiger charge is 2.70. The number of carbonyl (C=O) groups is 2. The van der Waals surface area contributed by atoms with E-state index >= 15 is 0 Å². The summed E-state index contributed by atoms with van der Waals surface area (Å²) >= 11 is 4.22. The Morgan fingerprint density at radius 3 is 2.61 bits per heavy atom. The molecule has 4 N–H and O–H groups in total. The van der Waals surface area contributed by atoms with Crippen LogP contribution in [0, 0.1) is 39.8 Å². The smallest absolute Gasteiger partial charge is 0.306 e. The van der Waals surface area contributed by atoms with Gasteiger partial charge < -0.3 is 15.3 Å². The third-order valence-corrected chi connectivity index (χ3v) is 10.7. The van der Waals surface area contributed by atoms with Gasteiger partial charge in [0.15, 0.2) is 5.60 Å². The van der Waals surface area contributed by atoms with Crippen LogP contribution >= 0.6 is 12.6 Å². The first kappa shape index (κ1) is 27.3. The number of halogens is 1. The van der Waals surface area contributed by atoms with E-state index in [1.165, 1.54) is 23.9 Å². The molecule has 0 radical (unpaired) electrons. The molecule has 1 aromatic carbocycles. The average Bonchev–Trinajstić information content (AvgIpc) is 3.17. The number of carbonyl (C=O) groups excluding carboxylic acids is 2. The number of benzene rings is 1. The van der Waals surface area contributed by atoms with Crippen LogP contribution in [-0.2, 0) is 14.3 Å². The van der Waals surface area contributed by atoms with Crippen LogP contribution in [0.3, 0.4) is 0 Å². The second-order valence-corrected chi connectivity index (χ2v) is 12.5. The quantitative estimate of drug-likeness (QED) is 0.183. The fourth-order valence-corrected chi connectivity index (χ4v) is 8.96. The largest absolute Gasteiger partial charge is 0.449 e. The van der Waals surface area contributed by atoms with Crippen LogP contribution < -0.4 is 5.32 Å². The Kier molecular flexibility index (Phi) is 6.98. The molecule has 204 valence electrons. The average molecular weight is 542 g/mol. The minimum absolute atomic E-state index is 0.0319. The maximum Gasteiger partial charge on any atom is 0.306 e. The minimum atomic E-state index is -1.32. The van der Waals surface area contributed by atoms with E-state index in [1.54, 1.807) is 19.1 Å². The molecule has 0 heterocycles. The van der Waals surface area contributed by atoms with Crippen molar-refractivity contribution in [2.75, 3.05) is 0 Å². The number of hydrogen-bond acceptors (Lipinski definition) is 5. The monoisotopic (exact) mass is 541 g/mol. The minimum Gasteiger partial charge on any atom is -0.449 e. The third kappa shape index (κ3) is 4.02. The standard InChI is InChI=1S/C30H37FN2O4S/c1-4-25(35)37-30(27(36)38)12-11-22-21-10-5-18-13-23(33-20-8-6-19(31)7-9-20)17(16-32)14-28(18,2)26(21)24(34)15-29(22,30)3/h6-9,13,16,21-22,24,26,32-34H,4-5,10-12,14-15H2,1-3H3,(H,36,38)/p+1/t21-,22?,24-,26?,28-,29-,30-/m0/s1. The lowest BCUT2D eigenvalue weighted by molar-refractivity contribution is -0.513. The number of ether oxygens (including phenoxy) is 1. The molecule has 0 amide bonds. The third-order valence-electron chi connectivity index (χ3n) is 10.3. The summed E-state index contributed by atoms with van der Waals surface area (Å²) < 4.78 is 19.3. The van der Waals surface area contributed by atoms with Crippen LogP contribution in [-0.4, -0.2) is 34.1 Å². The Balaban J connectivity index is 1.48. The zero-order chi connectivity index (χ0) is 27.5. The van der Waals surface area contributed by atoms with Crippen molar-refractivity contribution in [3.63, 3.8) is 0 Å². The summed E-state index contributed by atoms with van der Waals surface area (Å²) in [6.45, 7) is 5.94. The molecule has 6 nitrogen and oxygen atoms in total. The van der Waals surface area contributed by atoms with Gasteiger partial charge in [0.1, 0.15) is 17.2 Å². The lowest BCUT2D eigenvalue weighted by Gasteiger charge is -2.60. The van der Waals surface area contributed by atoms with E-state index in [-0.39, 0.29) is 35.4 Å². The number of nitrogens with one attached hydrogen (secondary N) is 1. The molecule has 1 aromatic rings. The van der Waals surface area contributed by atoms with Crippen LogP contribution in [0.4, 0.5) is 10.1 Å². The van der Waals surface area contributed by atoms with E-state index in [0.29, 0.717) is 19.3 Å². The van der Waals surface area contributed by atoms with E-state index in [4.69, 9.17) is 10.1 Å². The van der Waals surface area contributed by atoms with Gasteiger partial charge in [0.25, 0.3) is 0 Å². The molecule has 0 spiro atoms. The molecule has 5 rings (SSSR count). The summed E-state index contributed by atoms with van der Waals surface area (Å²) in [6.07, 6.45) is 6.99. The summed E-state index contributed by atoms with van der Waals surface area (Å²) in [4.78, 5) is 25.4. The normalized spacial score (nSPS) is 38.0. The van der Waals surface area contributed by atoms with Gasteiger partial charge in [-0.15, -0.1) is 12.6 Å². The molecule has 8 heteroatoms. The molecule has 7 atom stereocenters. The maximum absolute atomic E-state index is 13.4. The fourth-order valence-electron chi connectivity index (χ4n) is 8.54. The van der Waals surface area contributed by atoms with Gasteiger partial charge in [0, 0.05) is 35.8 Å². The second-order valence-electron chi connectivity index (χ2n) is 12.1. The van der Waals surface area contributed by atoms with Gasteiger partial charge in [-0.25, -0.2) is 4.39 Å². The molecule has 4 aliphatic rings. The van der Waals surface area contributed by atoms with Crippen LogP contribution in [0.25, 0.3) is 0 Å². The Bertz CT molecular complexity index is 1230. The number of esters is 1. The van der Waals surface area contributed by atoms with Gasteiger partial charge >= 0.3 is 5.97 Å². The van der Waals surface area contributed by atoms with Crippen LogP contribution in [0.5, 0.6) is 0 Å². The summed E-state index contributed by atoms with van der Waals surface area (Å²) in [5.41, 5.74) is 1.67. The molecule has 38 heavy (non-hydrogen) atoms. The van der Waals surface area contributed by atoms with Crippen molar-refractivity contribution >= 4 is 35.6 Å². The number of aliphatic hydroxyl groups excluding tert-OH is 1. The molecule has 4 aliphatic carbocycles. The predicted octanol–water partition coefficient (Wildman–Crippen LogP) is 4.62. The summed E-state index contributed by atoms with van der Waals surface area (Å²) in [5.74, 6) is -0.445. The molecular weight excluding hydrogens is 503 g/mol. The van der Waals surface area contributed by atoms with E-state index in [0.717, 1.165) is 36.2 Å². The van der Waals surface area contributed by atoms with Crippen molar-refractivity contribution in [3.8, 4) is 0 Å². The Morgan fingerprint density at radius 1 is 1.26 bits per heavy atom. The first-order valence-corrected chi connectivity index (χ1v) is 14.1. The highest BCUT2D eigenvalue weighted by Crippen LogP contribution is 2.68. The van der Waals surface area contributed by atoms with E-state index in [2.05, 4.69) is 25.6 Å². The van der Waals surface area contributed by atoms with Gasteiger partial charge in [0.05, 0.1) is 6.10 Å². The maximum atomic E-state index is 13.4. The number of fused-ring (bicyclic) bond motifs is 5. The highest BCUT2D eigenvalue weighted by molar-refractivity contribution is 7.96. The number of aliphatic hydroxyl groups is 1. The van der Waals surface area contributed by atoms with Gasteiger partial charge in [-0.2, -0.15) is 0 Å². The number of nitrogens with two attached hydrogens (primary N) is 1. The zero-order valence-corrected chi connectivity index (χ0v) is 23.2. The number of allylic oxidation sites excluding steroid dienone is 3. The fraction of sp³-hybridized carbons (Fsp3) is 0.567. The van der Waals surface area contributed by atoms with Crippen molar-refractivity contribution < 1.29 is 29.1 Å². The summed E-state index contributed by atoms with van der Waals surface area (Å²) in [7, 11) is 0. The Morgan fingerprint density at radius 2 is 1.97 bits per heavy atom. The number of hydrogen-bond donors (Lipinski definition) is 4. The summed E-state index contributed by atoms with van der Waals surface area (Å²) in [5, 5.41) is 21.5. The van der Waals surface area contributed by atoms with Crippen LogP contribution in [0.2, 0.25) is 0 Å². The zero-order valence-electron chi connectivity index (χ0n) is 22.3. The van der Waals surface area contributed by atoms with Crippen molar-refractivity contribution in [1.82, 2.24) is 0 Å². The van der Waals surface area contributed by atoms with Crippen LogP contribution in [0.15, 0.2) is 47.2 Å². The Labute approximate surface area is 229 Å². The van der Waals surface area contributed by atoms with E-state index in [1.807, 2.05) is 12.2 Å². The van der Waals surface area contributed by atoms with Gasteiger partial charge in [-0.05, 0) is 79.9 Å². The number of quaternary nitrogens is 1. The molecule has 0 bridgehead atoms.